The van der Waals surface area contributed by atoms with E-state index in [0.29, 0.717) is 36.3 Å². The molecule has 1 amide bonds. The molecule has 8 heteroatoms. The summed E-state index contributed by atoms with van der Waals surface area (Å²) in [5.41, 5.74) is 9.59. The predicted octanol–water partition coefficient (Wildman–Crippen LogP) is 3.89. The Morgan fingerprint density at radius 1 is 1.14 bits per heavy atom. The number of hydrogen-bond acceptors (Lipinski definition) is 7. The van der Waals surface area contributed by atoms with Gasteiger partial charge in [-0.05, 0) is 42.2 Å². The number of carbonyl (C=O) groups excluding carboxylic acids is 1. The number of aliphatic hydroxyl groups excluding tert-OH is 1. The van der Waals surface area contributed by atoms with Crippen LogP contribution in [0.25, 0.3) is 11.1 Å². The largest absolute Gasteiger partial charge is 0.442 e. The number of hydrogen-bond donors (Lipinski definition) is 3. The Labute approximate surface area is 209 Å². The summed E-state index contributed by atoms with van der Waals surface area (Å²) in [6.45, 7) is 3.09. The molecule has 0 bridgehead atoms. The van der Waals surface area contributed by atoms with Gasteiger partial charge in [0.05, 0.1) is 23.7 Å². The molecule has 4 aromatic rings. The summed E-state index contributed by atoms with van der Waals surface area (Å²) < 4.78 is 6.09. The molecule has 3 aromatic heterocycles. The van der Waals surface area contributed by atoms with Gasteiger partial charge in [-0.1, -0.05) is 37.3 Å². The fourth-order valence-electron chi connectivity index (χ4n) is 5.28. The molecule has 8 nitrogen and oxygen atoms in total. The Bertz CT molecular complexity index is 1390. The van der Waals surface area contributed by atoms with E-state index in [9.17, 15) is 9.90 Å². The molecule has 1 aliphatic heterocycles. The monoisotopic (exact) mass is 483 g/mol. The molecule has 4 N–H and O–H groups in total. The zero-order chi connectivity index (χ0) is 24.8. The summed E-state index contributed by atoms with van der Waals surface area (Å²) in [6, 6.07) is 17.6. The van der Waals surface area contributed by atoms with Crippen LogP contribution in [0.5, 0.6) is 0 Å². The maximum absolute atomic E-state index is 13.1. The Hall–Kier alpha value is -3.75. The summed E-state index contributed by atoms with van der Waals surface area (Å²) in [6.07, 6.45) is 3.81. The molecule has 1 aromatic carbocycles. The van der Waals surface area contributed by atoms with Crippen molar-refractivity contribution in [1.29, 1.82) is 0 Å². The minimum Gasteiger partial charge on any atom is -0.442 e. The highest BCUT2D eigenvalue weighted by molar-refractivity contribution is 6.05. The molecule has 6 rings (SSSR count). The smallest absolute Gasteiger partial charge is 0.274 e. The first-order chi connectivity index (χ1) is 17.5. The molecule has 5 atom stereocenters. The summed E-state index contributed by atoms with van der Waals surface area (Å²) in [4.78, 5) is 23.9. The topological polar surface area (TPSA) is 118 Å². The fourth-order valence-corrected chi connectivity index (χ4v) is 5.28. The summed E-state index contributed by atoms with van der Waals surface area (Å²) in [5, 5.41) is 14.1. The second-order valence-electron chi connectivity index (χ2n) is 9.98. The van der Waals surface area contributed by atoms with Crippen LogP contribution in [0, 0.1) is 5.92 Å². The van der Waals surface area contributed by atoms with Gasteiger partial charge >= 0.3 is 0 Å². The van der Waals surface area contributed by atoms with Crippen LogP contribution < -0.4 is 16.0 Å². The van der Waals surface area contributed by atoms with E-state index in [0.717, 1.165) is 23.3 Å². The molecular formula is C28H29N5O3. The number of carbonyl (C=O) groups is 1. The van der Waals surface area contributed by atoms with Crippen molar-refractivity contribution in [2.75, 3.05) is 23.3 Å². The standard InChI is InChI=1S/C28H29N5O3/c1-16-14-33(15-21(29)26(16)34)24-9-10-30-13-23(24)31-27(35)22-8-7-18-11-25(36-28(18)32-22)20-12-19(20)17-5-3-2-4-6-17/h2-11,13,16,19-21,26,34H,12,14-15,29H2,1H3,(H,31,35). The maximum Gasteiger partial charge on any atom is 0.274 e. The molecule has 36 heavy (non-hydrogen) atoms. The van der Waals surface area contributed by atoms with E-state index in [-0.39, 0.29) is 23.6 Å². The molecule has 1 aliphatic carbocycles. The van der Waals surface area contributed by atoms with Crippen LogP contribution in [0.2, 0.25) is 0 Å². The van der Waals surface area contributed by atoms with Gasteiger partial charge in [0.1, 0.15) is 11.5 Å². The average molecular weight is 484 g/mol. The normalized spacial score (nSPS) is 25.6. The highest BCUT2D eigenvalue weighted by Crippen LogP contribution is 2.55. The second-order valence-corrected chi connectivity index (χ2v) is 9.98. The number of amides is 1. The molecule has 2 fully saturated rings. The van der Waals surface area contributed by atoms with E-state index in [4.69, 9.17) is 10.2 Å². The molecule has 0 radical (unpaired) electrons. The fraction of sp³-hybridized carbons (Fsp3) is 0.321. The lowest BCUT2D eigenvalue weighted by Crippen LogP contribution is -2.55. The van der Waals surface area contributed by atoms with E-state index in [2.05, 4.69) is 44.5 Å². The minimum atomic E-state index is -0.547. The first kappa shape index (κ1) is 22.7. The maximum atomic E-state index is 13.1. The van der Waals surface area contributed by atoms with Gasteiger partial charge in [-0.3, -0.25) is 9.78 Å². The number of pyridine rings is 2. The Morgan fingerprint density at radius 3 is 2.78 bits per heavy atom. The van der Waals surface area contributed by atoms with Gasteiger partial charge in [-0.15, -0.1) is 0 Å². The van der Waals surface area contributed by atoms with Crippen LogP contribution in [0.1, 0.15) is 47.0 Å². The Kier molecular flexibility index (Phi) is 5.70. The Balaban J connectivity index is 1.20. The summed E-state index contributed by atoms with van der Waals surface area (Å²) in [7, 11) is 0. The predicted molar refractivity (Wildman–Crippen MR) is 138 cm³/mol. The third-order valence-corrected chi connectivity index (χ3v) is 7.37. The third kappa shape index (κ3) is 4.23. The van der Waals surface area contributed by atoms with Crippen molar-refractivity contribution in [3.05, 3.63) is 84.0 Å². The first-order valence-corrected chi connectivity index (χ1v) is 12.4. The van der Waals surface area contributed by atoms with E-state index >= 15 is 0 Å². The van der Waals surface area contributed by atoms with Crippen molar-refractivity contribution in [2.45, 2.75) is 37.3 Å². The lowest BCUT2D eigenvalue weighted by atomic mass is 9.92. The number of nitrogens with zero attached hydrogens (tertiary/aromatic N) is 3. The zero-order valence-electron chi connectivity index (χ0n) is 20.0. The number of furan rings is 1. The lowest BCUT2D eigenvalue weighted by molar-refractivity contribution is 0.0785. The lowest BCUT2D eigenvalue weighted by Gasteiger charge is -2.40. The van der Waals surface area contributed by atoms with Crippen LogP contribution >= 0.6 is 0 Å². The van der Waals surface area contributed by atoms with Gasteiger partial charge in [0.2, 0.25) is 5.71 Å². The van der Waals surface area contributed by atoms with Crippen LogP contribution in [0.4, 0.5) is 11.4 Å². The average Bonchev–Trinajstić information content (AvgIpc) is 3.59. The molecule has 1 saturated heterocycles. The number of benzene rings is 1. The second kappa shape index (κ2) is 9.04. The third-order valence-electron chi connectivity index (χ3n) is 7.37. The van der Waals surface area contributed by atoms with E-state index in [1.54, 1.807) is 18.5 Å². The van der Waals surface area contributed by atoms with Crippen molar-refractivity contribution in [3.8, 4) is 0 Å². The SMILES string of the molecule is CC1CN(c2ccncc2NC(=O)c2ccc3cc(C4CC4c4ccccc4)oc3n2)CC(N)C1O. The van der Waals surface area contributed by atoms with E-state index in [1.165, 1.54) is 5.56 Å². The number of rotatable bonds is 5. The number of fused-ring (bicyclic) bond motifs is 1. The van der Waals surface area contributed by atoms with Gasteiger partial charge in [0.15, 0.2) is 0 Å². The molecule has 1 saturated carbocycles. The number of nitrogens with two attached hydrogens (primary N) is 1. The van der Waals surface area contributed by atoms with Crippen molar-refractivity contribution in [2.24, 2.45) is 11.7 Å². The van der Waals surface area contributed by atoms with Gasteiger partial charge in [-0.25, -0.2) is 4.98 Å². The number of anilines is 2. The number of aliphatic hydroxyl groups is 1. The van der Waals surface area contributed by atoms with Gasteiger partial charge in [0, 0.05) is 42.6 Å². The quantitative estimate of drug-likeness (QED) is 0.394. The number of nitrogens with one attached hydrogen (secondary N) is 1. The molecule has 2 aliphatic rings. The number of piperidine rings is 1. The van der Waals surface area contributed by atoms with E-state index in [1.807, 2.05) is 31.2 Å². The number of aromatic nitrogens is 2. The molecular weight excluding hydrogens is 454 g/mol. The van der Waals surface area contributed by atoms with Gasteiger partial charge in [-0.2, -0.15) is 0 Å². The van der Waals surface area contributed by atoms with Crippen LogP contribution in [0.3, 0.4) is 0 Å². The van der Waals surface area contributed by atoms with Crippen molar-refractivity contribution in [3.63, 3.8) is 0 Å². The minimum absolute atomic E-state index is 0.00986. The van der Waals surface area contributed by atoms with Crippen molar-refractivity contribution >= 4 is 28.4 Å². The first-order valence-electron chi connectivity index (χ1n) is 12.4. The molecule has 184 valence electrons. The summed E-state index contributed by atoms with van der Waals surface area (Å²) in [5.74, 6) is 1.39. The highest BCUT2D eigenvalue weighted by atomic mass is 16.3. The van der Waals surface area contributed by atoms with Crippen LogP contribution in [-0.2, 0) is 0 Å². The van der Waals surface area contributed by atoms with E-state index < -0.39 is 6.10 Å². The highest BCUT2D eigenvalue weighted by Gasteiger charge is 2.42. The Morgan fingerprint density at radius 2 is 1.97 bits per heavy atom. The van der Waals surface area contributed by atoms with Crippen LogP contribution in [0.15, 0.2) is 71.4 Å². The zero-order valence-corrected chi connectivity index (χ0v) is 20.0. The summed E-state index contributed by atoms with van der Waals surface area (Å²) >= 11 is 0. The van der Waals surface area contributed by atoms with Crippen molar-refractivity contribution in [1.82, 2.24) is 9.97 Å². The van der Waals surface area contributed by atoms with Gasteiger partial charge in [0.25, 0.3) is 5.91 Å². The van der Waals surface area contributed by atoms with Crippen molar-refractivity contribution < 1.29 is 14.3 Å². The van der Waals surface area contributed by atoms with Gasteiger partial charge < -0.3 is 25.5 Å². The molecule has 0 spiro atoms. The molecule has 4 heterocycles. The molecule has 5 unspecified atom stereocenters. The van der Waals surface area contributed by atoms with Crippen LogP contribution in [-0.4, -0.2) is 46.2 Å².